The predicted octanol–water partition coefficient (Wildman–Crippen LogP) is 4.25. The van der Waals surface area contributed by atoms with Crippen molar-refractivity contribution in [1.29, 1.82) is 0 Å². The number of rotatable bonds is 3. The van der Waals surface area contributed by atoms with Crippen LogP contribution >= 0.6 is 23.6 Å². The fraction of sp³-hybridized carbons (Fsp3) is 0.538. The molecular formula is C13H17N3S2. The van der Waals surface area contributed by atoms with Gasteiger partial charge in [-0.05, 0) is 42.4 Å². The Morgan fingerprint density at radius 1 is 1.39 bits per heavy atom. The second kappa shape index (κ2) is 5.36. The molecule has 0 saturated heterocycles. The molecule has 1 aliphatic rings. The number of nitrogens with one attached hydrogen (secondary N) is 1. The third-order valence-corrected chi connectivity index (χ3v) is 4.84. The van der Waals surface area contributed by atoms with Crippen molar-refractivity contribution < 1.29 is 0 Å². The normalized spacial score (nSPS) is 17.1. The largest absolute Gasteiger partial charge is 0.299 e. The number of H-pyrrole nitrogens is 1. The van der Waals surface area contributed by atoms with Crippen molar-refractivity contribution in [2.24, 2.45) is 5.92 Å². The Kier molecular flexibility index (Phi) is 3.61. The average Bonchev–Trinajstić information content (AvgIpc) is 3.02. The summed E-state index contributed by atoms with van der Waals surface area (Å²) in [6.07, 6.45) is 6.78. The van der Waals surface area contributed by atoms with Crippen molar-refractivity contribution in [3.8, 4) is 10.7 Å². The first-order valence-corrected chi connectivity index (χ1v) is 7.82. The van der Waals surface area contributed by atoms with Gasteiger partial charge in [-0.1, -0.05) is 25.3 Å². The van der Waals surface area contributed by atoms with Gasteiger partial charge in [0.25, 0.3) is 0 Å². The maximum Gasteiger partial charge on any atom is 0.195 e. The zero-order chi connectivity index (χ0) is 12.4. The van der Waals surface area contributed by atoms with Gasteiger partial charge in [-0.15, -0.1) is 11.3 Å². The van der Waals surface area contributed by atoms with Gasteiger partial charge in [0.05, 0.1) is 4.88 Å². The van der Waals surface area contributed by atoms with Crippen LogP contribution in [0.1, 0.15) is 32.1 Å². The summed E-state index contributed by atoms with van der Waals surface area (Å²) in [6, 6.07) is 4.16. The van der Waals surface area contributed by atoms with E-state index in [2.05, 4.69) is 32.3 Å². The van der Waals surface area contributed by atoms with Gasteiger partial charge >= 0.3 is 0 Å². The van der Waals surface area contributed by atoms with Crippen LogP contribution in [0.4, 0.5) is 0 Å². The van der Waals surface area contributed by atoms with Crippen molar-refractivity contribution in [3.63, 3.8) is 0 Å². The van der Waals surface area contributed by atoms with Crippen LogP contribution in [0.2, 0.25) is 0 Å². The van der Waals surface area contributed by atoms with Gasteiger partial charge < -0.3 is 0 Å². The zero-order valence-corrected chi connectivity index (χ0v) is 11.9. The Hall–Kier alpha value is -0.940. The van der Waals surface area contributed by atoms with Crippen LogP contribution in [0.25, 0.3) is 10.7 Å². The number of thiophene rings is 1. The van der Waals surface area contributed by atoms with Gasteiger partial charge in [0, 0.05) is 6.54 Å². The number of hydrogen-bond donors (Lipinski definition) is 1. The first-order valence-electron chi connectivity index (χ1n) is 6.53. The molecule has 3 rings (SSSR count). The monoisotopic (exact) mass is 279 g/mol. The molecule has 1 N–H and O–H groups in total. The van der Waals surface area contributed by atoms with Crippen molar-refractivity contribution in [2.45, 2.75) is 38.6 Å². The fourth-order valence-corrected chi connectivity index (χ4v) is 3.64. The van der Waals surface area contributed by atoms with E-state index >= 15 is 0 Å². The third-order valence-electron chi connectivity index (χ3n) is 3.67. The molecule has 0 radical (unpaired) electrons. The molecule has 2 aromatic heterocycles. The van der Waals surface area contributed by atoms with Crippen LogP contribution in [0.3, 0.4) is 0 Å². The Balaban J connectivity index is 1.86. The quantitative estimate of drug-likeness (QED) is 0.852. The molecule has 0 spiro atoms. The summed E-state index contributed by atoms with van der Waals surface area (Å²) in [6.45, 7) is 1.02. The van der Waals surface area contributed by atoms with Gasteiger partial charge in [-0.25, -0.2) is 0 Å². The standard InChI is InChI=1S/C13H17N3S2/c17-13-15-14-12(11-7-4-8-18-11)16(13)9-10-5-2-1-3-6-10/h4,7-8,10H,1-3,5-6,9H2,(H,15,17). The Labute approximate surface area is 116 Å². The molecule has 5 heteroatoms. The molecule has 2 heterocycles. The molecule has 0 amide bonds. The van der Waals surface area contributed by atoms with Gasteiger partial charge in [0.2, 0.25) is 0 Å². The molecule has 0 atom stereocenters. The van der Waals surface area contributed by atoms with E-state index in [1.54, 1.807) is 11.3 Å². The lowest BCUT2D eigenvalue weighted by Crippen LogP contribution is -2.14. The van der Waals surface area contributed by atoms with Crippen LogP contribution in [-0.4, -0.2) is 14.8 Å². The molecule has 2 aromatic rings. The fourth-order valence-electron chi connectivity index (χ4n) is 2.71. The SMILES string of the molecule is S=c1[nH]nc(-c2cccs2)n1CC1CCCCC1. The maximum atomic E-state index is 5.36. The van der Waals surface area contributed by atoms with E-state index < -0.39 is 0 Å². The third kappa shape index (κ3) is 2.42. The van der Waals surface area contributed by atoms with E-state index in [0.717, 1.165) is 23.1 Å². The van der Waals surface area contributed by atoms with E-state index in [4.69, 9.17) is 12.2 Å². The molecule has 1 fully saturated rings. The minimum Gasteiger partial charge on any atom is -0.299 e. The highest BCUT2D eigenvalue weighted by Crippen LogP contribution is 2.28. The van der Waals surface area contributed by atoms with Gasteiger partial charge in [-0.3, -0.25) is 9.67 Å². The molecule has 0 aliphatic heterocycles. The van der Waals surface area contributed by atoms with Crippen LogP contribution < -0.4 is 0 Å². The summed E-state index contributed by atoms with van der Waals surface area (Å²) in [4.78, 5) is 1.19. The van der Waals surface area contributed by atoms with Gasteiger partial charge in [0.1, 0.15) is 0 Å². The molecule has 1 saturated carbocycles. The van der Waals surface area contributed by atoms with Gasteiger partial charge in [-0.2, -0.15) is 5.10 Å². The number of nitrogens with zero attached hydrogens (tertiary/aromatic N) is 2. The Bertz CT molecular complexity index is 547. The van der Waals surface area contributed by atoms with Crippen LogP contribution in [-0.2, 0) is 6.54 Å². The highest BCUT2D eigenvalue weighted by Gasteiger charge is 2.17. The van der Waals surface area contributed by atoms with E-state index in [1.165, 1.54) is 37.0 Å². The zero-order valence-electron chi connectivity index (χ0n) is 10.3. The number of aromatic amines is 1. The molecule has 0 bridgehead atoms. The average molecular weight is 279 g/mol. The van der Waals surface area contributed by atoms with E-state index in [0.29, 0.717) is 0 Å². The van der Waals surface area contributed by atoms with E-state index in [9.17, 15) is 0 Å². The van der Waals surface area contributed by atoms with E-state index in [1.807, 2.05) is 0 Å². The van der Waals surface area contributed by atoms with Crippen molar-refractivity contribution in [3.05, 3.63) is 22.3 Å². The predicted molar refractivity (Wildman–Crippen MR) is 77.3 cm³/mol. The number of hydrogen-bond acceptors (Lipinski definition) is 3. The lowest BCUT2D eigenvalue weighted by molar-refractivity contribution is 0.319. The topological polar surface area (TPSA) is 33.6 Å². The first kappa shape index (κ1) is 12.1. The van der Waals surface area contributed by atoms with Crippen molar-refractivity contribution >= 4 is 23.6 Å². The van der Waals surface area contributed by atoms with E-state index in [-0.39, 0.29) is 0 Å². The first-order chi connectivity index (χ1) is 8.84. The summed E-state index contributed by atoms with van der Waals surface area (Å²) < 4.78 is 2.93. The van der Waals surface area contributed by atoms with Crippen LogP contribution in [0.5, 0.6) is 0 Å². The molecule has 3 nitrogen and oxygen atoms in total. The summed E-state index contributed by atoms with van der Waals surface area (Å²) in [5.74, 6) is 1.77. The smallest absolute Gasteiger partial charge is 0.195 e. The molecule has 0 unspecified atom stereocenters. The molecule has 1 aliphatic carbocycles. The molecule has 0 aromatic carbocycles. The highest BCUT2D eigenvalue weighted by molar-refractivity contribution is 7.71. The Morgan fingerprint density at radius 3 is 2.94 bits per heavy atom. The lowest BCUT2D eigenvalue weighted by Gasteiger charge is -2.22. The highest BCUT2D eigenvalue weighted by atomic mass is 32.1. The molecular weight excluding hydrogens is 262 g/mol. The van der Waals surface area contributed by atoms with Gasteiger partial charge in [0.15, 0.2) is 10.6 Å². The minimum atomic E-state index is 0.754. The van der Waals surface area contributed by atoms with Crippen molar-refractivity contribution in [2.75, 3.05) is 0 Å². The molecule has 96 valence electrons. The maximum absolute atomic E-state index is 5.36. The number of aromatic nitrogens is 3. The summed E-state index contributed by atoms with van der Waals surface area (Å²) in [5, 5.41) is 9.40. The summed E-state index contributed by atoms with van der Waals surface area (Å²) >= 11 is 7.08. The Morgan fingerprint density at radius 2 is 2.22 bits per heavy atom. The second-order valence-electron chi connectivity index (χ2n) is 4.94. The minimum absolute atomic E-state index is 0.754. The summed E-state index contributed by atoms with van der Waals surface area (Å²) in [5.41, 5.74) is 0. The van der Waals surface area contributed by atoms with Crippen LogP contribution in [0.15, 0.2) is 17.5 Å². The molecule has 18 heavy (non-hydrogen) atoms. The lowest BCUT2D eigenvalue weighted by atomic mass is 9.89. The second-order valence-corrected chi connectivity index (χ2v) is 6.28. The van der Waals surface area contributed by atoms with Crippen molar-refractivity contribution in [1.82, 2.24) is 14.8 Å². The summed E-state index contributed by atoms with van der Waals surface area (Å²) in [7, 11) is 0. The van der Waals surface area contributed by atoms with Crippen LogP contribution in [0, 0.1) is 10.7 Å².